The Hall–Kier alpha value is -5.38. The van der Waals surface area contributed by atoms with Gasteiger partial charge in [-0.15, -0.1) is 0 Å². The minimum absolute atomic E-state index is 0.00663. The molecule has 0 aliphatic heterocycles. The van der Waals surface area contributed by atoms with Gasteiger partial charge in [-0.2, -0.15) is 0 Å². The molecule has 5 N–H and O–H groups in total. The molecule has 0 aromatic heterocycles. The topological polar surface area (TPSA) is 277 Å². The minimum Gasteiger partial charge on any atom is -0.492 e. The summed E-state index contributed by atoms with van der Waals surface area (Å²) in [4.78, 5) is 86.3. The summed E-state index contributed by atoms with van der Waals surface area (Å²) in [6.45, 7) is -3.85. The molecule has 0 fully saturated rings. The summed E-state index contributed by atoms with van der Waals surface area (Å²) in [6, 6.07) is 3.09. The maximum Gasteiger partial charge on any atom is 0.323 e. The van der Waals surface area contributed by atoms with Crippen molar-refractivity contribution in [3.05, 3.63) is 39.8 Å². The van der Waals surface area contributed by atoms with Gasteiger partial charge in [-0.3, -0.25) is 33.6 Å². The van der Waals surface area contributed by atoms with Crippen LogP contribution in [0.4, 0.5) is 0 Å². The molecule has 1 aromatic carbocycles. The van der Waals surface area contributed by atoms with Gasteiger partial charge in [-0.1, -0.05) is 11.5 Å². The lowest BCUT2D eigenvalue weighted by Gasteiger charge is -2.21. The monoisotopic (exact) mass is 594 g/mol. The van der Waals surface area contributed by atoms with Crippen molar-refractivity contribution in [3.8, 4) is 5.75 Å². The van der Waals surface area contributed by atoms with Crippen LogP contribution in [-0.2, 0) is 24.0 Å². The normalized spacial score (nSPS) is 10.1. The van der Waals surface area contributed by atoms with Crippen LogP contribution < -0.4 is 10.1 Å². The van der Waals surface area contributed by atoms with E-state index in [9.17, 15) is 33.6 Å². The second-order valence-corrected chi connectivity index (χ2v) is 8.61. The first-order valence-corrected chi connectivity index (χ1v) is 12.3. The number of carbonyl (C=O) groups is 7. The molecule has 42 heavy (non-hydrogen) atoms. The number of hydrogen-bond acceptors (Lipinski definition) is 9. The van der Waals surface area contributed by atoms with Gasteiger partial charge in [-0.25, -0.2) is 0 Å². The van der Waals surface area contributed by atoms with Crippen molar-refractivity contribution in [2.24, 2.45) is 5.11 Å². The first-order chi connectivity index (χ1) is 19.8. The highest BCUT2D eigenvalue weighted by molar-refractivity contribution is 6.03. The van der Waals surface area contributed by atoms with Crippen LogP contribution in [0.2, 0.25) is 0 Å². The lowest BCUT2D eigenvalue weighted by Crippen LogP contribution is -2.40. The predicted octanol–water partition coefficient (Wildman–Crippen LogP) is 0.275. The molecule has 228 valence electrons. The Balaban J connectivity index is 3.14. The van der Waals surface area contributed by atoms with Gasteiger partial charge in [-0.05, 0) is 36.6 Å². The van der Waals surface area contributed by atoms with Crippen LogP contribution in [0.25, 0.3) is 10.4 Å². The van der Waals surface area contributed by atoms with Crippen LogP contribution >= 0.6 is 0 Å². The molecule has 0 atom stereocenters. The number of carboxylic acids is 4. The van der Waals surface area contributed by atoms with Crippen LogP contribution in [0.3, 0.4) is 0 Å². The maximum absolute atomic E-state index is 13.0. The zero-order chi connectivity index (χ0) is 31.7. The SMILES string of the molecule is [N-]=[N+]=NCCCCCC(=O)NCCOc1cc(C(=O)N(CC(=O)O)CC(=O)O)cc(C(=O)N(CC(=O)O)CC(=O)O)c1. The number of benzene rings is 1. The molecular weight excluding hydrogens is 564 g/mol. The van der Waals surface area contributed by atoms with Crippen molar-refractivity contribution >= 4 is 41.6 Å². The molecule has 0 heterocycles. The Morgan fingerprint density at radius 1 is 0.762 bits per heavy atom. The van der Waals surface area contributed by atoms with Gasteiger partial charge < -0.3 is 40.3 Å². The summed E-state index contributed by atoms with van der Waals surface area (Å²) in [5.74, 6) is -8.76. The number of ether oxygens (including phenoxy) is 1. The summed E-state index contributed by atoms with van der Waals surface area (Å²) < 4.78 is 5.52. The Kier molecular flexibility index (Phi) is 14.9. The van der Waals surface area contributed by atoms with E-state index in [0.717, 1.165) is 18.2 Å². The number of hydrogen-bond donors (Lipinski definition) is 5. The Labute approximate surface area is 238 Å². The maximum atomic E-state index is 13.0. The zero-order valence-electron chi connectivity index (χ0n) is 22.3. The number of nitrogens with zero attached hydrogens (tertiary/aromatic N) is 5. The van der Waals surface area contributed by atoms with Crippen LogP contribution in [-0.4, -0.2) is 118 Å². The van der Waals surface area contributed by atoms with E-state index in [1.807, 2.05) is 0 Å². The van der Waals surface area contributed by atoms with Crippen molar-refractivity contribution in [2.75, 3.05) is 45.9 Å². The summed E-state index contributed by atoms with van der Waals surface area (Å²) in [5, 5.41) is 42.3. The number of carbonyl (C=O) groups excluding carboxylic acids is 3. The molecule has 18 heteroatoms. The van der Waals surface area contributed by atoms with Crippen LogP contribution in [0.1, 0.15) is 46.4 Å². The highest BCUT2D eigenvalue weighted by Crippen LogP contribution is 2.21. The molecular formula is C24H30N6O12. The zero-order valence-corrected chi connectivity index (χ0v) is 22.3. The van der Waals surface area contributed by atoms with Crippen molar-refractivity contribution in [1.29, 1.82) is 0 Å². The van der Waals surface area contributed by atoms with Gasteiger partial charge in [0.05, 0.1) is 6.54 Å². The van der Waals surface area contributed by atoms with E-state index >= 15 is 0 Å². The fraction of sp³-hybridized carbons (Fsp3) is 0.458. The molecule has 1 rings (SSSR count). The largest absolute Gasteiger partial charge is 0.492 e. The van der Waals surface area contributed by atoms with Gasteiger partial charge in [0.1, 0.15) is 38.5 Å². The second kappa shape index (κ2) is 18.1. The molecule has 0 spiro atoms. The first-order valence-electron chi connectivity index (χ1n) is 12.3. The number of amides is 3. The Bertz CT molecular complexity index is 1130. The van der Waals surface area contributed by atoms with Gasteiger partial charge in [0, 0.05) is 29.0 Å². The van der Waals surface area contributed by atoms with Crippen LogP contribution in [0.5, 0.6) is 5.75 Å². The molecule has 0 saturated heterocycles. The number of nitrogens with one attached hydrogen (secondary N) is 1. The third-order valence-corrected chi connectivity index (χ3v) is 5.20. The number of azide groups is 1. The Morgan fingerprint density at radius 2 is 1.24 bits per heavy atom. The van der Waals surface area contributed by atoms with Crippen molar-refractivity contribution in [2.45, 2.75) is 25.7 Å². The van der Waals surface area contributed by atoms with E-state index in [1.165, 1.54) is 0 Å². The van der Waals surface area contributed by atoms with E-state index in [-0.39, 0.29) is 31.2 Å². The lowest BCUT2D eigenvalue weighted by molar-refractivity contribution is -0.142. The predicted molar refractivity (Wildman–Crippen MR) is 140 cm³/mol. The minimum atomic E-state index is -1.52. The van der Waals surface area contributed by atoms with Crippen molar-refractivity contribution in [1.82, 2.24) is 15.1 Å². The molecule has 0 unspecified atom stereocenters. The molecule has 1 aromatic rings. The summed E-state index contributed by atoms with van der Waals surface area (Å²) >= 11 is 0. The van der Waals surface area contributed by atoms with Crippen LogP contribution in [0, 0.1) is 0 Å². The van der Waals surface area contributed by atoms with Gasteiger partial charge in [0.25, 0.3) is 11.8 Å². The third kappa shape index (κ3) is 13.6. The summed E-state index contributed by atoms with van der Waals surface area (Å²) in [6.07, 6.45) is 2.05. The summed E-state index contributed by atoms with van der Waals surface area (Å²) in [5.41, 5.74) is 7.44. The van der Waals surface area contributed by atoms with Crippen LogP contribution in [0.15, 0.2) is 23.3 Å². The van der Waals surface area contributed by atoms with E-state index in [2.05, 4.69) is 15.3 Å². The highest BCUT2D eigenvalue weighted by atomic mass is 16.5. The highest BCUT2D eigenvalue weighted by Gasteiger charge is 2.26. The summed E-state index contributed by atoms with van der Waals surface area (Å²) in [7, 11) is 0. The molecule has 0 radical (unpaired) electrons. The molecule has 0 aliphatic carbocycles. The second-order valence-electron chi connectivity index (χ2n) is 8.61. The molecule has 18 nitrogen and oxygen atoms in total. The number of unbranched alkanes of at least 4 members (excludes halogenated alkanes) is 2. The quantitative estimate of drug-likeness (QED) is 0.0589. The molecule has 3 amide bonds. The van der Waals surface area contributed by atoms with Crippen molar-refractivity contribution in [3.63, 3.8) is 0 Å². The van der Waals surface area contributed by atoms with E-state index in [4.69, 9.17) is 30.7 Å². The average Bonchev–Trinajstić information content (AvgIpc) is 2.90. The van der Waals surface area contributed by atoms with Crippen molar-refractivity contribution < 1.29 is 58.7 Å². The van der Waals surface area contributed by atoms with Gasteiger partial charge >= 0.3 is 23.9 Å². The van der Waals surface area contributed by atoms with Gasteiger partial charge in [0.15, 0.2) is 0 Å². The lowest BCUT2D eigenvalue weighted by atomic mass is 10.1. The van der Waals surface area contributed by atoms with Gasteiger partial charge in [0.2, 0.25) is 5.91 Å². The van der Waals surface area contributed by atoms with E-state index in [0.29, 0.717) is 35.6 Å². The standard InChI is InChI=1S/C24H30N6O12/c25-28-27-5-3-1-2-4-18(31)26-6-7-42-17-9-15(23(40)29(11-19(32)33)12-20(34)35)8-16(10-17)24(41)30(13-21(36)37)14-22(38)39/h8-10H,1-7,11-14H2,(H,26,31)(H,32,33)(H,34,35)(H,36,37)(H,38,39). The fourth-order valence-corrected chi connectivity index (χ4v) is 3.48. The average molecular weight is 595 g/mol. The molecule has 0 saturated carbocycles. The molecule has 0 bridgehead atoms. The first kappa shape index (κ1) is 34.6. The van der Waals surface area contributed by atoms with E-state index in [1.54, 1.807) is 0 Å². The Morgan fingerprint density at radius 3 is 1.67 bits per heavy atom. The van der Waals surface area contributed by atoms with E-state index < -0.39 is 73.0 Å². The number of aliphatic carboxylic acids is 4. The molecule has 0 aliphatic rings. The number of rotatable bonds is 20. The number of carboxylic acid groups (broad SMARTS) is 4. The fourth-order valence-electron chi connectivity index (χ4n) is 3.48. The third-order valence-electron chi connectivity index (χ3n) is 5.20. The smallest absolute Gasteiger partial charge is 0.323 e.